The summed E-state index contributed by atoms with van der Waals surface area (Å²) in [4.78, 5) is 6.99. The van der Waals surface area contributed by atoms with Gasteiger partial charge in [-0.2, -0.15) is 13.2 Å². The van der Waals surface area contributed by atoms with Crippen molar-refractivity contribution in [3.8, 4) is 5.75 Å². The van der Waals surface area contributed by atoms with Crippen LogP contribution in [0.1, 0.15) is 11.1 Å². The van der Waals surface area contributed by atoms with Crippen molar-refractivity contribution in [2.75, 3.05) is 27.0 Å². The molecule has 0 radical (unpaired) electrons. The Bertz CT molecular complexity index is 821. The maximum atomic E-state index is 12.6. The number of thioether (sulfide) groups is 1. The Kier molecular flexibility index (Phi) is 7.06. The fourth-order valence-corrected chi connectivity index (χ4v) is 3.28. The number of amidine groups is 1. The van der Waals surface area contributed by atoms with E-state index in [0.717, 1.165) is 17.3 Å². The Morgan fingerprint density at radius 1 is 1.19 bits per heavy atom. The lowest BCUT2D eigenvalue weighted by atomic mass is 10.1. The smallest absolute Gasteiger partial charge is 0.398 e. The van der Waals surface area contributed by atoms with E-state index in [9.17, 15) is 13.2 Å². The van der Waals surface area contributed by atoms with Crippen LogP contribution in [0.4, 0.5) is 18.9 Å². The van der Waals surface area contributed by atoms with Gasteiger partial charge in [0.2, 0.25) is 0 Å². The molecule has 0 fully saturated rings. The van der Waals surface area contributed by atoms with Gasteiger partial charge in [0.1, 0.15) is 17.3 Å². The number of halogens is 4. The first-order chi connectivity index (χ1) is 12.6. The number of benzene rings is 2. The Labute approximate surface area is 166 Å². The Balaban J connectivity index is 2.49. The van der Waals surface area contributed by atoms with Gasteiger partial charge < -0.3 is 9.64 Å². The molecule has 0 heterocycles. The minimum atomic E-state index is -4.24. The molecular weight excluding hydrogens is 397 g/mol. The normalized spacial score (nSPS) is 12.2. The predicted octanol–water partition coefficient (Wildman–Crippen LogP) is 5.95. The SMILES string of the molecule is COc1cc(C)c(SCC(F)(F)F)cc1/N=C(/c1ccc(Cl)cc1)N(C)C. The first-order valence-corrected chi connectivity index (χ1v) is 9.37. The van der Waals surface area contributed by atoms with Crippen molar-refractivity contribution in [2.24, 2.45) is 4.99 Å². The van der Waals surface area contributed by atoms with Crippen molar-refractivity contribution in [1.82, 2.24) is 4.90 Å². The fourth-order valence-electron chi connectivity index (χ4n) is 2.35. The quantitative estimate of drug-likeness (QED) is 0.342. The van der Waals surface area contributed by atoms with Gasteiger partial charge in [-0.15, -0.1) is 11.8 Å². The summed E-state index contributed by atoms with van der Waals surface area (Å²) in [7, 11) is 5.19. The second kappa shape index (κ2) is 8.89. The molecule has 0 N–H and O–H groups in total. The number of rotatable bonds is 5. The number of ether oxygens (including phenoxy) is 1. The van der Waals surface area contributed by atoms with E-state index in [4.69, 9.17) is 16.3 Å². The summed E-state index contributed by atoms with van der Waals surface area (Å²) in [5.74, 6) is 0.180. The van der Waals surface area contributed by atoms with Crippen LogP contribution in [0.2, 0.25) is 5.02 Å². The molecule has 0 unspecified atom stereocenters. The third-order valence-corrected chi connectivity index (χ3v) is 5.09. The zero-order chi connectivity index (χ0) is 20.2. The van der Waals surface area contributed by atoms with Crippen molar-refractivity contribution in [1.29, 1.82) is 0 Å². The molecule has 0 saturated heterocycles. The van der Waals surface area contributed by atoms with Crippen molar-refractivity contribution in [3.63, 3.8) is 0 Å². The largest absolute Gasteiger partial charge is 0.494 e. The zero-order valence-electron chi connectivity index (χ0n) is 15.4. The summed E-state index contributed by atoms with van der Waals surface area (Å²) < 4.78 is 43.2. The van der Waals surface area contributed by atoms with Crippen molar-refractivity contribution in [2.45, 2.75) is 18.0 Å². The van der Waals surface area contributed by atoms with Gasteiger partial charge in [-0.25, -0.2) is 4.99 Å². The van der Waals surface area contributed by atoms with Crippen LogP contribution in [0.5, 0.6) is 5.75 Å². The molecule has 0 aliphatic carbocycles. The van der Waals surface area contributed by atoms with Crippen LogP contribution in [-0.4, -0.2) is 43.9 Å². The molecule has 146 valence electrons. The summed E-state index contributed by atoms with van der Waals surface area (Å²) in [6, 6.07) is 10.5. The van der Waals surface area contributed by atoms with E-state index < -0.39 is 11.9 Å². The molecule has 2 rings (SSSR count). The minimum Gasteiger partial charge on any atom is -0.494 e. The van der Waals surface area contributed by atoms with E-state index >= 15 is 0 Å². The van der Waals surface area contributed by atoms with Crippen molar-refractivity contribution >= 4 is 34.9 Å². The number of aliphatic imine (C=N–C) groups is 1. The monoisotopic (exact) mass is 416 g/mol. The second-order valence-corrected chi connectivity index (χ2v) is 7.48. The second-order valence-electron chi connectivity index (χ2n) is 6.03. The van der Waals surface area contributed by atoms with E-state index in [1.165, 1.54) is 7.11 Å². The highest BCUT2D eigenvalue weighted by Gasteiger charge is 2.27. The summed E-state index contributed by atoms with van der Waals surface area (Å²) in [5, 5.41) is 0.607. The van der Waals surface area contributed by atoms with E-state index in [1.54, 1.807) is 31.2 Å². The van der Waals surface area contributed by atoms with Crippen LogP contribution in [0.25, 0.3) is 0 Å². The highest BCUT2D eigenvalue weighted by molar-refractivity contribution is 7.99. The molecule has 27 heavy (non-hydrogen) atoms. The number of hydrogen-bond donors (Lipinski definition) is 0. The zero-order valence-corrected chi connectivity index (χ0v) is 17.0. The third kappa shape index (κ3) is 6.07. The molecule has 0 saturated carbocycles. The van der Waals surface area contributed by atoms with E-state index in [1.807, 2.05) is 31.1 Å². The maximum Gasteiger partial charge on any atom is 0.398 e. The van der Waals surface area contributed by atoms with Gasteiger partial charge >= 0.3 is 6.18 Å². The molecule has 2 aromatic carbocycles. The van der Waals surface area contributed by atoms with Crippen LogP contribution >= 0.6 is 23.4 Å². The number of aryl methyl sites for hydroxylation is 1. The molecule has 8 heteroatoms. The number of alkyl halides is 3. The van der Waals surface area contributed by atoms with E-state index in [0.29, 0.717) is 32.8 Å². The molecule has 0 bridgehead atoms. The first kappa shape index (κ1) is 21.4. The van der Waals surface area contributed by atoms with Crippen molar-refractivity contribution in [3.05, 3.63) is 52.5 Å². The highest BCUT2D eigenvalue weighted by atomic mass is 35.5. The summed E-state index contributed by atoms with van der Waals surface area (Å²) in [5.41, 5.74) is 2.00. The highest BCUT2D eigenvalue weighted by Crippen LogP contribution is 2.37. The maximum absolute atomic E-state index is 12.6. The van der Waals surface area contributed by atoms with Crippen LogP contribution in [0.3, 0.4) is 0 Å². The number of methoxy groups -OCH3 is 1. The lowest BCUT2D eigenvalue weighted by molar-refractivity contribution is -0.105. The molecule has 0 aliphatic heterocycles. The van der Waals surface area contributed by atoms with Gasteiger partial charge in [-0.1, -0.05) is 11.6 Å². The van der Waals surface area contributed by atoms with E-state index in [-0.39, 0.29) is 0 Å². The van der Waals surface area contributed by atoms with Crippen LogP contribution in [-0.2, 0) is 0 Å². The lowest BCUT2D eigenvalue weighted by Gasteiger charge is -2.18. The Hall–Kier alpha value is -1.86. The molecule has 0 amide bonds. The summed E-state index contributed by atoms with van der Waals surface area (Å²) in [6.45, 7) is 1.75. The first-order valence-electron chi connectivity index (χ1n) is 8.01. The van der Waals surface area contributed by atoms with Gasteiger partial charge in [-0.05, 0) is 48.9 Å². The summed E-state index contributed by atoms with van der Waals surface area (Å²) in [6.07, 6.45) is -4.24. The van der Waals surface area contributed by atoms with Gasteiger partial charge in [-0.3, -0.25) is 0 Å². The van der Waals surface area contributed by atoms with Gasteiger partial charge in [0.25, 0.3) is 0 Å². The Morgan fingerprint density at radius 2 is 1.81 bits per heavy atom. The third-order valence-electron chi connectivity index (χ3n) is 3.62. The van der Waals surface area contributed by atoms with Crippen molar-refractivity contribution < 1.29 is 17.9 Å². The fraction of sp³-hybridized carbons (Fsp3) is 0.316. The van der Waals surface area contributed by atoms with Crippen LogP contribution in [0, 0.1) is 6.92 Å². The standard InChI is InChI=1S/C19H20ClF3N2OS/c1-12-9-16(26-4)15(10-17(12)27-11-19(21,22)23)24-18(25(2)3)13-5-7-14(20)8-6-13/h5-10H,11H2,1-4H3/b24-18-. The summed E-state index contributed by atoms with van der Waals surface area (Å²) >= 11 is 6.69. The van der Waals surface area contributed by atoms with E-state index in [2.05, 4.69) is 4.99 Å². The number of nitrogens with zero attached hydrogens (tertiary/aromatic N) is 2. The lowest BCUT2D eigenvalue weighted by Crippen LogP contribution is -2.22. The molecule has 0 atom stereocenters. The molecule has 2 aromatic rings. The number of hydrogen-bond acceptors (Lipinski definition) is 3. The van der Waals surface area contributed by atoms with Gasteiger partial charge in [0.05, 0.1) is 12.9 Å². The molecule has 0 aliphatic rings. The Morgan fingerprint density at radius 3 is 2.33 bits per heavy atom. The van der Waals surface area contributed by atoms with Gasteiger partial charge in [0, 0.05) is 29.6 Å². The molecule has 0 aromatic heterocycles. The minimum absolute atomic E-state index is 0.464. The molecule has 3 nitrogen and oxygen atoms in total. The van der Waals surface area contributed by atoms with Gasteiger partial charge in [0.15, 0.2) is 0 Å². The average molecular weight is 417 g/mol. The topological polar surface area (TPSA) is 24.8 Å². The molecule has 0 spiro atoms. The molecular formula is C19H20ClF3N2OS. The van der Waals surface area contributed by atoms with Crippen LogP contribution in [0.15, 0.2) is 46.3 Å². The van der Waals surface area contributed by atoms with Crippen LogP contribution < -0.4 is 4.74 Å². The average Bonchev–Trinajstić information content (AvgIpc) is 2.59. The predicted molar refractivity (Wildman–Crippen MR) is 106 cm³/mol.